The van der Waals surface area contributed by atoms with Gasteiger partial charge in [-0.15, -0.1) is 0 Å². The van der Waals surface area contributed by atoms with Gasteiger partial charge in [0.25, 0.3) is 0 Å². The fourth-order valence-electron chi connectivity index (χ4n) is 2.67. The summed E-state index contributed by atoms with van der Waals surface area (Å²) in [6.45, 7) is 1.82. The van der Waals surface area contributed by atoms with Crippen molar-refractivity contribution in [2.45, 2.75) is 31.6 Å². The zero-order valence-corrected chi connectivity index (χ0v) is 9.64. The predicted octanol–water partition coefficient (Wildman–Crippen LogP) is 2.97. The van der Waals surface area contributed by atoms with E-state index in [-0.39, 0.29) is 5.91 Å². The number of halogens is 3. The number of anilines is 2. The number of carbonyl (C=O) groups excluding carboxylic acids is 1. The molecule has 3 nitrogen and oxygen atoms in total. The van der Waals surface area contributed by atoms with Crippen LogP contribution in [0.4, 0.5) is 24.5 Å². The van der Waals surface area contributed by atoms with Crippen LogP contribution in [-0.4, -0.2) is 11.6 Å². The molecule has 2 aliphatic rings. The Morgan fingerprint density at radius 1 is 1.39 bits per heavy atom. The number of benzene rings is 1. The van der Waals surface area contributed by atoms with E-state index in [1.54, 1.807) is 4.90 Å². The largest absolute Gasteiger partial charge is 0.416 e. The molecule has 1 atom stereocenters. The summed E-state index contributed by atoms with van der Waals surface area (Å²) in [7, 11) is 0. The molecule has 1 saturated heterocycles. The molecule has 1 aromatic rings. The van der Waals surface area contributed by atoms with Gasteiger partial charge in [-0.1, -0.05) is 0 Å². The van der Waals surface area contributed by atoms with E-state index < -0.39 is 17.4 Å². The number of hydrogen-bond acceptors (Lipinski definition) is 2. The van der Waals surface area contributed by atoms with Crippen LogP contribution in [0.15, 0.2) is 18.2 Å². The van der Waals surface area contributed by atoms with Crippen molar-refractivity contribution in [3.63, 3.8) is 0 Å². The standard InChI is InChI=1S/C12H11F3N2O/c1-11-5-4-10(18)17(11)9-3-2-7(12(13,14)15)6-8(9)16-11/h2-3,6,16H,4-5H2,1H3. The van der Waals surface area contributed by atoms with Crippen LogP contribution < -0.4 is 10.2 Å². The second kappa shape index (κ2) is 3.18. The van der Waals surface area contributed by atoms with Crippen LogP contribution in [0, 0.1) is 0 Å². The van der Waals surface area contributed by atoms with Gasteiger partial charge in [-0.2, -0.15) is 13.2 Å². The zero-order valence-electron chi connectivity index (χ0n) is 9.64. The minimum absolute atomic E-state index is 0.0523. The summed E-state index contributed by atoms with van der Waals surface area (Å²) >= 11 is 0. The molecule has 1 amide bonds. The van der Waals surface area contributed by atoms with E-state index in [1.807, 2.05) is 6.92 Å². The van der Waals surface area contributed by atoms with E-state index in [1.165, 1.54) is 6.07 Å². The monoisotopic (exact) mass is 256 g/mol. The second-order valence-corrected chi connectivity index (χ2v) is 4.86. The number of fused-ring (bicyclic) bond motifs is 3. The second-order valence-electron chi connectivity index (χ2n) is 4.86. The molecule has 1 fully saturated rings. The highest BCUT2D eigenvalue weighted by atomic mass is 19.4. The van der Waals surface area contributed by atoms with E-state index in [0.717, 1.165) is 12.1 Å². The average Bonchev–Trinajstić information content (AvgIpc) is 2.70. The zero-order chi connectivity index (χ0) is 13.1. The number of nitrogens with zero attached hydrogens (tertiary/aromatic N) is 1. The van der Waals surface area contributed by atoms with Gasteiger partial charge in [0.1, 0.15) is 5.66 Å². The first kappa shape index (κ1) is 11.4. The summed E-state index contributed by atoms with van der Waals surface area (Å²) in [5, 5.41) is 3.02. The summed E-state index contributed by atoms with van der Waals surface area (Å²) < 4.78 is 37.8. The number of carbonyl (C=O) groups is 1. The summed E-state index contributed by atoms with van der Waals surface area (Å²) in [4.78, 5) is 13.3. The quantitative estimate of drug-likeness (QED) is 0.774. The third-order valence-corrected chi connectivity index (χ3v) is 3.54. The van der Waals surface area contributed by atoms with E-state index in [2.05, 4.69) is 5.32 Å². The highest BCUT2D eigenvalue weighted by Gasteiger charge is 2.48. The molecule has 0 aliphatic carbocycles. The minimum atomic E-state index is -4.37. The lowest BCUT2D eigenvalue weighted by atomic mass is 10.1. The summed E-state index contributed by atoms with van der Waals surface area (Å²) in [5.41, 5.74) is -0.372. The molecule has 0 spiro atoms. The average molecular weight is 256 g/mol. The van der Waals surface area contributed by atoms with Crippen LogP contribution in [0.2, 0.25) is 0 Å². The topological polar surface area (TPSA) is 32.3 Å². The van der Waals surface area contributed by atoms with Gasteiger partial charge in [-0.3, -0.25) is 9.69 Å². The number of hydrogen-bond donors (Lipinski definition) is 1. The van der Waals surface area contributed by atoms with Gasteiger partial charge in [-0.05, 0) is 31.5 Å². The van der Waals surface area contributed by atoms with E-state index in [9.17, 15) is 18.0 Å². The van der Waals surface area contributed by atoms with Crippen molar-refractivity contribution >= 4 is 17.3 Å². The Balaban J connectivity index is 2.08. The number of alkyl halides is 3. The lowest BCUT2D eigenvalue weighted by Gasteiger charge is -2.27. The van der Waals surface area contributed by atoms with Gasteiger partial charge < -0.3 is 5.32 Å². The first-order valence-electron chi connectivity index (χ1n) is 5.64. The number of nitrogens with one attached hydrogen (secondary N) is 1. The third kappa shape index (κ3) is 1.41. The third-order valence-electron chi connectivity index (χ3n) is 3.54. The Kier molecular flexibility index (Phi) is 2.01. The van der Waals surface area contributed by atoms with Crippen molar-refractivity contribution in [1.82, 2.24) is 0 Å². The summed E-state index contributed by atoms with van der Waals surface area (Å²) in [6.07, 6.45) is -3.35. The molecule has 0 saturated carbocycles. The highest BCUT2D eigenvalue weighted by molar-refractivity contribution is 6.03. The van der Waals surface area contributed by atoms with Gasteiger partial charge in [0, 0.05) is 6.42 Å². The van der Waals surface area contributed by atoms with E-state index in [4.69, 9.17) is 0 Å². The molecule has 1 aromatic carbocycles. The predicted molar refractivity (Wildman–Crippen MR) is 60.2 cm³/mol. The van der Waals surface area contributed by atoms with Gasteiger partial charge in [0.2, 0.25) is 5.91 Å². The maximum absolute atomic E-state index is 12.6. The molecular weight excluding hydrogens is 245 g/mol. The molecule has 1 N–H and O–H groups in total. The summed E-state index contributed by atoms with van der Waals surface area (Å²) in [5.74, 6) is -0.0523. The minimum Gasteiger partial charge on any atom is -0.361 e. The molecule has 3 rings (SSSR count). The van der Waals surface area contributed by atoms with Crippen molar-refractivity contribution in [3.05, 3.63) is 23.8 Å². The van der Waals surface area contributed by atoms with Crippen LogP contribution >= 0.6 is 0 Å². The van der Waals surface area contributed by atoms with Crippen LogP contribution in [0.5, 0.6) is 0 Å². The highest BCUT2D eigenvalue weighted by Crippen LogP contribution is 2.47. The van der Waals surface area contributed by atoms with Crippen LogP contribution in [0.25, 0.3) is 0 Å². The molecule has 6 heteroatoms. The Labute approximate surface area is 102 Å². The van der Waals surface area contributed by atoms with E-state index in [0.29, 0.717) is 24.2 Å². The SMILES string of the molecule is CC12CCC(=O)N1c1ccc(C(F)(F)F)cc1N2. The molecule has 0 bridgehead atoms. The van der Waals surface area contributed by atoms with Gasteiger partial charge in [0.05, 0.1) is 16.9 Å². The lowest BCUT2D eigenvalue weighted by molar-refractivity contribution is -0.137. The van der Waals surface area contributed by atoms with Crippen LogP contribution in [0.1, 0.15) is 25.3 Å². The Hall–Kier alpha value is -1.72. The Bertz CT molecular complexity index is 541. The lowest BCUT2D eigenvalue weighted by Crippen LogP contribution is -2.44. The maximum atomic E-state index is 12.6. The van der Waals surface area contributed by atoms with Crippen molar-refractivity contribution in [3.8, 4) is 0 Å². The number of rotatable bonds is 0. The molecule has 96 valence electrons. The molecular formula is C12H11F3N2O. The Morgan fingerprint density at radius 3 is 2.78 bits per heavy atom. The van der Waals surface area contributed by atoms with Gasteiger partial charge >= 0.3 is 6.18 Å². The summed E-state index contributed by atoms with van der Waals surface area (Å²) in [6, 6.07) is 3.43. The molecule has 2 aliphatic heterocycles. The van der Waals surface area contributed by atoms with Crippen molar-refractivity contribution in [2.75, 3.05) is 10.2 Å². The van der Waals surface area contributed by atoms with Crippen molar-refractivity contribution in [1.29, 1.82) is 0 Å². The smallest absolute Gasteiger partial charge is 0.361 e. The fourth-order valence-corrected chi connectivity index (χ4v) is 2.67. The molecule has 1 unspecified atom stereocenters. The fraction of sp³-hybridized carbons (Fsp3) is 0.417. The molecule has 0 radical (unpaired) electrons. The maximum Gasteiger partial charge on any atom is 0.416 e. The molecule has 0 aromatic heterocycles. The van der Waals surface area contributed by atoms with Crippen molar-refractivity contribution < 1.29 is 18.0 Å². The van der Waals surface area contributed by atoms with Gasteiger partial charge in [-0.25, -0.2) is 0 Å². The first-order chi connectivity index (χ1) is 8.31. The van der Waals surface area contributed by atoms with Crippen LogP contribution in [-0.2, 0) is 11.0 Å². The molecule has 18 heavy (non-hydrogen) atoms. The normalized spacial score (nSPS) is 26.0. The molecule has 2 heterocycles. The first-order valence-corrected chi connectivity index (χ1v) is 5.64. The van der Waals surface area contributed by atoms with E-state index >= 15 is 0 Å². The van der Waals surface area contributed by atoms with Crippen molar-refractivity contribution in [2.24, 2.45) is 0 Å². The van der Waals surface area contributed by atoms with Gasteiger partial charge in [0.15, 0.2) is 0 Å². The van der Waals surface area contributed by atoms with Crippen LogP contribution in [0.3, 0.4) is 0 Å². The number of amides is 1. The Morgan fingerprint density at radius 2 is 2.11 bits per heavy atom.